The third-order valence-electron chi connectivity index (χ3n) is 3.42. The van der Waals surface area contributed by atoms with Crippen molar-refractivity contribution in [3.63, 3.8) is 0 Å². The molecular weight excluding hydrogens is 288 g/mol. The van der Waals surface area contributed by atoms with Gasteiger partial charge < -0.3 is 15.3 Å². The molecule has 1 aliphatic heterocycles. The maximum absolute atomic E-state index is 12.6. The van der Waals surface area contributed by atoms with Gasteiger partial charge in [-0.15, -0.1) is 11.3 Å². The summed E-state index contributed by atoms with van der Waals surface area (Å²) in [5.74, 6) is 5.11. The molecule has 6 heteroatoms. The van der Waals surface area contributed by atoms with Crippen molar-refractivity contribution >= 4 is 23.2 Å². The van der Waals surface area contributed by atoms with Crippen molar-refractivity contribution in [2.75, 3.05) is 20.2 Å². The quantitative estimate of drug-likeness (QED) is 0.795. The molecule has 0 spiro atoms. The van der Waals surface area contributed by atoms with Gasteiger partial charge in [-0.25, -0.2) is 0 Å². The number of nitrogens with one attached hydrogen (secondary N) is 1. The lowest BCUT2D eigenvalue weighted by Gasteiger charge is -2.34. The van der Waals surface area contributed by atoms with Crippen LogP contribution in [0.2, 0.25) is 0 Å². The van der Waals surface area contributed by atoms with Crippen molar-refractivity contribution in [1.82, 2.24) is 10.2 Å². The Labute approximate surface area is 128 Å². The summed E-state index contributed by atoms with van der Waals surface area (Å²) in [5.41, 5.74) is 0. The van der Waals surface area contributed by atoms with Crippen LogP contribution < -0.4 is 5.32 Å². The first-order chi connectivity index (χ1) is 10.2. The minimum atomic E-state index is -0.384. The van der Waals surface area contributed by atoms with Crippen LogP contribution in [0.4, 0.5) is 0 Å². The molecule has 112 valence electrons. The maximum Gasteiger partial charge on any atom is 0.264 e. The monoisotopic (exact) mass is 306 g/mol. The number of carbonyl (C=O) groups is 2. The average Bonchev–Trinajstić information content (AvgIpc) is 3.00. The zero-order valence-corrected chi connectivity index (χ0v) is 12.7. The molecule has 2 N–H and O–H groups in total. The van der Waals surface area contributed by atoms with Gasteiger partial charge in [0.1, 0.15) is 12.6 Å². The fourth-order valence-corrected chi connectivity index (χ4v) is 3.24. The Morgan fingerprint density at radius 2 is 2.29 bits per heavy atom. The molecule has 0 saturated carbocycles. The highest BCUT2D eigenvalue weighted by Gasteiger charge is 2.32. The van der Waals surface area contributed by atoms with E-state index in [0.29, 0.717) is 17.8 Å². The predicted molar refractivity (Wildman–Crippen MR) is 81.0 cm³/mol. The van der Waals surface area contributed by atoms with Crippen LogP contribution in [0.15, 0.2) is 12.1 Å². The topological polar surface area (TPSA) is 69.6 Å². The number of hydrogen-bond acceptors (Lipinski definition) is 4. The molecule has 1 fully saturated rings. The number of nitrogens with zero attached hydrogens (tertiary/aromatic N) is 1. The van der Waals surface area contributed by atoms with E-state index in [9.17, 15) is 9.59 Å². The summed E-state index contributed by atoms with van der Waals surface area (Å²) < 4.78 is 0. The maximum atomic E-state index is 12.6. The lowest BCUT2D eigenvalue weighted by atomic mass is 10.0. The van der Waals surface area contributed by atoms with Gasteiger partial charge in [-0.3, -0.25) is 9.59 Å². The van der Waals surface area contributed by atoms with Crippen molar-refractivity contribution in [1.29, 1.82) is 0 Å². The number of rotatable bonds is 2. The van der Waals surface area contributed by atoms with Crippen LogP contribution in [0.1, 0.15) is 33.8 Å². The minimum absolute atomic E-state index is 0.111. The second kappa shape index (κ2) is 7.25. The van der Waals surface area contributed by atoms with E-state index in [0.717, 1.165) is 17.7 Å². The molecule has 0 aromatic carbocycles. The van der Waals surface area contributed by atoms with Gasteiger partial charge in [-0.1, -0.05) is 11.8 Å². The van der Waals surface area contributed by atoms with Crippen LogP contribution in [-0.4, -0.2) is 48.1 Å². The fourth-order valence-electron chi connectivity index (χ4n) is 2.40. The molecule has 1 unspecified atom stereocenters. The van der Waals surface area contributed by atoms with E-state index >= 15 is 0 Å². The largest absolute Gasteiger partial charge is 0.384 e. The number of likely N-dealkylation sites (N-methyl/N-ethyl adjacent to an activating group) is 1. The molecule has 5 nitrogen and oxygen atoms in total. The highest BCUT2D eigenvalue weighted by Crippen LogP contribution is 2.23. The lowest BCUT2D eigenvalue weighted by molar-refractivity contribution is -0.126. The molecule has 1 saturated heterocycles. The number of aliphatic hydroxyl groups is 1. The van der Waals surface area contributed by atoms with Crippen molar-refractivity contribution in [3.8, 4) is 11.8 Å². The summed E-state index contributed by atoms with van der Waals surface area (Å²) in [7, 11) is 1.59. The first-order valence-corrected chi connectivity index (χ1v) is 7.71. The first-order valence-electron chi connectivity index (χ1n) is 6.89. The number of amides is 2. The number of piperidine rings is 1. The third-order valence-corrected chi connectivity index (χ3v) is 4.41. The van der Waals surface area contributed by atoms with E-state index in [4.69, 9.17) is 5.11 Å². The summed E-state index contributed by atoms with van der Waals surface area (Å²) in [5, 5.41) is 11.3. The van der Waals surface area contributed by atoms with Gasteiger partial charge in [0, 0.05) is 13.6 Å². The highest BCUT2D eigenvalue weighted by molar-refractivity contribution is 7.14. The molecule has 1 atom stereocenters. The zero-order valence-electron chi connectivity index (χ0n) is 11.9. The minimum Gasteiger partial charge on any atom is -0.384 e. The number of carbonyl (C=O) groups excluding carboxylic acids is 2. The first kappa shape index (κ1) is 15.5. The van der Waals surface area contributed by atoms with Crippen molar-refractivity contribution < 1.29 is 14.7 Å². The third kappa shape index (κ3) is 3.63. The van der Waals surface area contributed by atoms with Crippen molar-refractivity contribution in [2.45, 2.75) is 25.3 Å². The standard InChI is InChI=1S/C15H18N2O3S/c1-16-14(19)12-6-2-3-9-17(12)15(20)13-8-7-11(21-13)5-4-10-18/h7-8,12,18H,2-3,6,9-10H2,1H3,(H,16,19). The van der Waals surface area contributed by atoms with Crippen molar-refractivity contribution in [2.24, 2.45) is 0 Å². The second-order valence-electron chi connectivity index (χ2n) is 4.75. The smallest absolute Gasteiger partial charge is 0.264 e. The van der Waals surface area contributed by atoms with E-state index in [1.54, 1.807) is 24.1 Å². The second-order valence-corrected chi connectivity index (χ2v) is 5.83. The van der Waals surface area contributed by atoms with Crippen molar-refractivity contribution in [3.05, 3.63) is 21.9 Å². The SMILES string of the molecule is CNC(=O)C1CCCCN1C(=O)c1ccc(C#CCO)s1. The van der Waals surface area contributed by atoms with E-state index < -0.39 is 0 Å². The van der Waals surface area contributed by atoms with Gasteiger partial charge in [-0.2, -0.15) is 0 Å². The molecule has 2 heterocycles. The molecule has 21 heavy (non-hydrogen) atoms. The van der Waals surface area contributed by atoms with Gasteiger partial charge in [0.15, 0.2) is 0 Å². The highest BCUT2D eigenvalue weighted by atomic mass is 32.1. The Hall–Kier alpha value is -1.84. The lowest BCUT2D eigenvalue weighted by Crippen LogP contribution is -2.51. The number of hydrogen-bond donors (Lipinski definition) is 2. The molecule has 0 bridgehead atoms. The van der Waals surface area contributed by atoms with Crippen LogP contribution in [0, 0.1) is 11.8 Å². The number of aliphatic hydroxyl groups excluding tert-OH is 1. The van der Waals surface area contributed by atoms with Gasteiger partial charge in [0.25, 0.3) is 5.91 Å². The molecule has 2 rings (SSSR count). The Kier molecular flexibility index (Phi) is 5.37. The zero-order chi connectivity index (χ0) is 15.2. The Morgan fingerprint density at radius 1 is 1.48 bits per heavy atom. The number of likely N-dealkylation sites (tertiary alicyclic amines) is 1. The molecular formula is C15H18N2O3S. The molecule has 0 aliphatic carbocycles. The Morgan fingerprint density at radius 3 is 3.00 bits per heavy atom. The summed E-state index contributed by atoms with van der Waals surface area (Å²) in [6.07, 6.45) is 2.58. The van der Waals surface area contributed by atoms with E-state index in [2.05, 4.69) is 17.2 Å². The summed E-state index contributed by atoms with van der Waals surface area (Å²) in [6, 6.07) is 3.11. The van der Waals surface area contributed by atoms with Crippen LogP contribution in [0.3, 0.4) is 0 Å². The summed E-state index contributed by atoms with van der Waals surface area (Å²) in [4.78, 5) is 27.4. The van der Waals surface area contributed by atoms with E-state index in [-0.39, 0.29) is 24.5 Å². The number of thiophene rings is 1. The summed E-state index contributed by atoms with van der Waals surface area (Å²) in [6.45, 7) is 0.401. The Balaban J connectivity index is 2.16. The molecule has 1 aliphatic rings. The summed E-state index contributed by atoms with van der Waals surface area (Å²) >= 11 is 1.29. The van der Waals surface area contributed by atoms with Crippen LogP contribution in [-0.2, 0) is 4.79 Å². The molecule has 2 amide bonds. The normalized spacial score (nSPS) is 17.8. The predicted octanol–water partition coefficient (Wildman–Crippen LogP) is 0.833. The van der Waals surface area contributed by atoms with Gasteiger partial charge >= 0.3 is 0 Å². The molecule has 1 aromatic rings. The van der Waals surface area contributed by atoms with Gasteiger partial charge in [0.05, 0.1) is 9.75 Å². The average molecular weight is 306 g/mol. The van der Waals surface area contributed by atoms with E-state index in [1.165, 1.54) is 11.3 Å². The molecule has 0 radical (unpaired) electrons. The van der Waals surface area contributed by atoms with E-state index in [1.807, 2.05) is 0 Å². The van der Waals surface area contributed by atoms with Gasteiger partial charge in [0.2, 0.25) is 5.91 Å². The Bertz CT molecular complexity index is 585. The van der Waals surface area contributed by atoms with Crippen LogP contribution >= 0.6 is 11.3 Å². The van der Waals surface area contributed by atoms with Gasteiger partial charge in [-0.05, 0) is 31.4 Å². The fraction of sp³-hybridized carbons (Fsp3) is 0.467. The van der Waals surface area contributed by atoms with Crippen LogP contribution in [0.5, 0.6) is 0 Å². The van der Waals surface area contributed by atoms with Crippen LogP contribution in [0.25, 0.3) is 0 Å². The molecule has 1 aromatic heterocycles.